The van der Waals surface area contributed by atoms with E-state index in [4.69, 9.17) is 11.6 Å². The predicted octanol–water partition coefficient (Wildman–Crippen LogP) is 3.37. The van der Waals surface area contributed by atoms with Gasteiger partial charge in [-0.3, -0.25) is 0 Å². The molecule has 0 aliphatic heterocycles. The molecule has 0 radical (unpaired) electrons. The van der Waals surface area contributed by atoms with Crippen LogP contribution >= 0.6 is 11.6 Å². The van der Waals surface area contributed by atoms with E-state index in [1.54, 1.807) is 0 Å². The van der Waals surface area contributed by atoms with Gasteiger partial charge in [0.25, 0.3) is 0 Å². The van der Waals surface area contributed by atoms with Gasteiger partial charge >= 0.3 is 0 Å². The van der Waals surface area contributed by atoms with Crippen LogP contribution in [0.4, 0.5) is 4.79 Å². The van der Waals surface area contributed by atoms with E-state index in [0.29, 0.717) is 11.6 Å². The highest BCUT2D eigenvalue weighted by Crippen LogP contribution is 2.54. The minimum Gasteiger partial charge on any atom is -0.530 e. The minimum atomic E-state index is -1.10. The Bertz CT molecular complexity index is 530. The zero-order valence-corrected chi connectivity index (χ0v) is 13.3. The monoisotopic (exact) mass is 294 g/mol. The molecule has 0 atom stereocenters. The smallest absolute Gasteiger partial charge is 0.137 e. The van der Waals surface area contributed by atoms with Gasteiger partial charge in [-0.25, -0.2) is 0 Å². The first-order valence-electron chi connectivity index (χ1n) is 6.91. The van der Waals surface area contributed by atoms with Crippen molar-refractivity contribution in [3.63, 3.8) is 0 Å². The number of hydrogen-bond acceptors (Lipinski definition) is 2. The number of rotatable bonds is 3. The van der Waals surface area contributed by atoms with Crippen LogP contribution < -0.4 is 5.11 Å². The molecule has 1 aromatic carbocycles. The van der Waals surface area contributed by atoms with Crippen molar-refractivity contribution in [1.29, 1.82) is 0 Å². The van der Waals surface area contributed by atoms with Gasteiger partial charge in [-0.15, -0.1) is 0 Å². The molecule has 0 saturated heterocycles. The lowest BCUT2D eigenvalue weighted by Crippen LogP contribution is -2.53. The third-order valence-electron chi connectivity index (χ3n) is 4.50. The number of carbonyl (C=O) groups excluding carboxylic acids is 1. The minimum absolute atomic E-state index is 0.0977. The fourth-order valence-corrected chi connectivity index (χ4v) is 3.11. The van der Waals surface area contributed by atoms with E-state index in [1.165, 1.54) is 4.90 Å². The summed E-state index contributed by atoms with van der Waals surface area (Å²) in [5.41, 5.74) is 1.59. The van der Waals surface area contributed by atoms with E-state index in [0.717, 1.165) is 24.0 Å². The summed E-state index contributed by atoms with van der Waals surface area (Å²) in [7, 11) is 0. The molecule has 1 saturated carbocycles. The molecule has 0 unspecified atom stereocenters. The van der Waals surface area contributed by atoms with Gasteiger partial charge in [-0.2, -0.15) is 0 Å². The molecule has 1 aliphatic carbocycles. The van der Waals surface area contributed by atoms with E-state index in [1.807, 2.05) is 25.1 Å². The summed E-state index contributed by atoms with van der Waals surface area (Å²) >= 11 is 6.02. The Morgan fingerprint density at radius 2 is 2.00 bits per heavy atom. The Morgan fingerprint density at radius 3 is 2.45 bits per heavy atom. The highest BCUT2D eigenvalue weighted by Gasteiger charge is 2.56. The zero-order valence-electron chi connectivity index (χ0n) is 12.5. The van der Waals surface area contributed by atoms with Crippen LogP contribution in [0.3, 0.4) is 0 Å². The van der Waals surface area contributed by atoms with Gasteiger partial charge in [0.05, 0.1) is 0 Å². The summed E-state index contributed by atoms with van der Waals surface area (Å²) in [6.45, 7) is 8.56. The van der Waals surface area contributed by atoms with Crippen LogP contribution in [-0.4, -0.2) is 16.5 Å². The molecule has 0 spiro atoms. The van der Waals surface area contributed by atoms with Gasteiger partial charge in [0.2, 0.25) is 0 Å². The lowest BCUT2D eigenvalue weighted by molar-refractivity contribution is -0.272. The van der Waals surface area contributed by atoms with Crippen molar-refractivity contribution in [1.82, 2.24) is 4.90 Å². The summed E-state index contributed by atoms with van der Waals surface area (Å²) < 4.78 is 0. The number of halogens is 1. The Balaban J connectivity index is 2.32. The third kappa shape index (κ3) is 2.64. The first kappa shape index (κ1) is 15.2. The van der Waals surface area contributed by atoms with E-state index >= 15 is 0 Å². The Hall–Kier alpha value is -1.22. The number of carbonyl (C=O) groups is 1. The second-order valence-electron chi connectivity index (χ2n) is 6.70. The van der Waals surface area contributed by atoms with Crippen molar-refractivity contribution in [2.75, 3.05) is 0 Å². The lowest BCUT2D eigenvalue weighted by atomic mass is 9.82. The molecule has 0 aromatic heterocycles. The Kier molecular flexibility index (Phi) is 3.76. The molecule has 0 N–H and O–H groups in total. The van der Waals surface area contributed by atoms with E-state index in [9.17, 15) is 9.90 Å². The number of aryl methyl sites for hydroxylation is 1. The maximum Gasteiger partial charge on any atom is 0.137 e. The van der Waals surface area contributed by atoms with Gasteiger partial charge in [0.15, 0.2) is 0 Å². The number of benzene rings is 1. The molecule has 1 aliphatic rings. The van der Waals surface area contributed by atoms with Crippen LogP contribution in [0.1, 0.15) is 44.7 Å². The number of hydrogen-bond donors (Lipinski definition) is 0. The number of carboxylic acid groups (broad SMARTS) is 1. The van der Waals surface area contributed by atoms with Crippen molar-refractivity contribution in [3.8, 4) is 0 Å². The van der Waals surface area contributed by atoms with Crippen LogP contribution in [0.25, 0.3) is 0 Å². The fourth-order valence-electron chi connectivity index (χ4n) is 2.91. The summed E-state index contributed by atoms with van der Waals surface area (Å²) in [6.07, 6.45) is 0.686. The molecule has 110 valence electrons. The second kappa shape index (κ2) is 4.96. The maximum absolute atomic E-state index is 11.6. The van der Waals surface area contributed by atoms with Crippen LogP contribution in [0, 0.1) is 12.3 Å². The third-order valence-corrected chi connectivity index (χ3v) is 4.73. The summed E-state index contributed by atoms with van der Waals surface area (Å²) in [5.74, 6) is 0. The van der Waals surface area contributed by atoms with Crippen molar-refractivity contribution in [2.24, 2.45) is 5.41 Å². The lowest BCUT2D eigenvalue weighted by Gasteiger charge is -2.43. The van der Waals surface area contributed by atoms with Crippen LogP contribution in [-0.2, 0) is 6.54 Å². The van der Waals surface area contributed by atoms with Crippen LogP contribution in [0.5, 0.6) is 0 Å². The van der Waals surface area contributed by atoms with Gasteiger partial charge in [-0.05, 0) is 48.4 Å². The van der Waals surface area contributed by atoms with E-state index in [-0.39, 0.29) is 11.0 Å². The molecule has 1 fully saturated rings. The molecule has 2 rings (SSSR count). The maximum atomic E-state index is 11.6. The van der Waals surface area contributed by atoms with Crippen molar-refractivity contribution in [3.05, 3.63) is 34.3 Å². The van der Waals surface area contributed by atoms with Crippen LogP contribution in [0.15, 0.2) is 18.2 Å². The second-order valence-corrected chi connectivity index (χ2v) is 7.14. The van der Waals surface area contributed by atoms with Gasteiger partial charge in [-0.1, -0.05) is 38.4 Å². The molecule has 20 heavy (non-hydrogen) atoms. The van der Waals surface area contributed by atoms with Crippen molar-refractivity contribution in [2.45, 2.75) is 52.6 Å². The van der Waals surface area contributed by atoms with Gasteiger partial charge in [0.1, 0.15) is 6.09 Å². The molecular formula is C16H21ClNO2-. The molecule has 0 bridgehead atoms. The first-order valence-corrected chi connectivity index (χ1v) is 7.29. The topological polar surface area (TPSA) is 43.4 Å². The zero-order chi connectivity index (χ0) is 15.1. The number of nitrogens with zero attached hydrogens (tertiary/aromatic N) is 1. The molecule has 3 nitrogen and oxygen atoms in total. The first-order chi connectivity index (χ1) is 9.17. The highest BCUT2D eigenvalue weighted by molar-refractivity contribution is 6.30. The summed E-state index contributed by atoms with van der Waals surface area (Å²) in [5, 5.41) is 12.2. The molecule has 4 heteroatoms. The average molecular weight is 295 g/mol. The van der Waals surface area contributed by atoms with Gasteiger partial charge in [0, 0.05) is 17.1 Å². The number of amides is 1. The van der Waals surface area contributed by atoms with Crippen molar-refractivity contribution >= 4 is 17.7 Å². The standard InChI is InChI=1S/C16H22ClNO2/c1-11-5-6-13(17)9-12(11)10-18(14(19)20)16(7-8-16)15(2,3)4/h5-6,9H,7-8,10H2,1-4H3,(H,19,20)/p-1. The van der Waals surface area contributed by atoms with E-state index in [2.05, 4.69) is 20.8 Å². The summed E-state index contributed by atoms with van der Waals surface area (Å²) in [6, 6.07) is 5.58. The normalized spacial score (nSPS) is 16.9. The van der Waals surface area contributed by atoms with E-state index < -0.39 is 6.09 Å². The Labute approximate surface area is 125 Å². The Morgan fingerprint density at radius 1 is 1.40 bits per heavy atom. The average Bonchev–Trinajstić information content (AvgIpc) is 3.10. The molecule has 1 aromatic rings. The molecular weight excluding hydrogens is 274 g/mol. The highest BCUT2D eigenvalue weighted by atomic mass is 35.5. The quantitative estimate of drug-likeness (QED) is 0.858. The predicted molar refractivity (Wildman–Crippen MR) is 78.5 cm³/mol. The van der Waals surface area contributed by atoms with Gasteiger partial charge < -0.3 is 14.8 Å². The van der Waals surface area contributed by atoms with Crippen molar-refractivity contribution < 1.29 is 9.90 Å². The summed E-state index contributed by atoms with van der Waals surface area (Å²) in [4.78, 5) is 13.1. The van der Waals surface area contributed by atoms with Crippen LogP contribution in [0.2, 0.25) is 5.02 Å². The SMILES string of the molecule is Cc1ccc(Cl)cc1CN(C(=O)[O-])C1(C(C)(C)C)CC1. The molecule has 1 amide bonds. The molecule has 0 heterocycles. The fraction of sp³-hybridized carbons (Fsp3) is 0.562. The largest absolute Gasteiger partial charge is 0.530 e.